The molecule has 0 saturated carbocycles. The number of piperidine rings is 1. The fraction of sp³-hybridized carbons (Fsp3) is 0.722. The van der Waals surface area contributed by atoms with Gasteiger partial charge in [0.15, 0.2) is 5.96 Å². The van der Waals surface area contributed by atoms with E-state index in [4.69, 9.17) is 4.99 Å². The van der Waals surface area contributed by atoms with Crippen molar-refractivity contribution in [2.75, 3.05) is 39.8 Å². The van der Waals surface area contributed by atoms with E-state index >= 15 is 0 Å². The standard InChI is InChI=1S/C18H32N4S.HI/c1-4-19-18(21-13-16-7-5-9-22(3)14-16)20-12-15(2)11-17-8-6-10-23-17;/h6,8,10,15-16H,4-5,7,9,11-14H2,1-3H3,(H2,19,20,21);1H. The van der Waals surface area contributed by atoms with Crippen LogP contribution < -0.4 is 10.6 Å². The molecule has 4 nitrogen and oxygen atoms in total. The summed E-state index contributed by atoms with van der Waals surface area (Å²) in [6, 6.07) is 4.34. The molecule has 0 aliphatic carbocycles. The zero-order chi connectivity index (χ0) is 16.5. The fourth-order valence-corrected chi connectivity index (χ4v) is 3.98. The van der Waals surface area contributed by atoms with Crippen LogP contribution in [0.4, 0.5) is 0 Å². The Labute approximate surface area is 168 Å². The molecule has 0 spiro atoms. The van der Waals surface area contributed by atoms with E-state index in [0.717, 1.165) is 37.9 Å². The number of rotatable bonds is 7. The van der Waals surface area contributed by atoms with Gasteiger partial charge in [0.05, 0.1) is 0 Å². The Morgan fingerprint density at radius 2 is 2.29 bits per heavy atom. The molecular weight excluding hydrogens is 431 g/mol. The Morgan fingerprint density at radius 1 is 1.46 bits per heavy atom. The monoisotopic (exact) mass is 464 g/mol. The van der Waals surface area contributed by atoms with Crippen molar-refractivity contribution >= 4 is 41.3 Å². The first kappa shape index (κ1) is 21.7. The quantitative estimate of drug-likeness (QED) is 0.369. The summed E-state index contributed by atoms with van der Waals surface area (Å²) < 4.78 is 0. The van der Waals surface area contributed by atoms with E-state index in [9.17, 15) is 0 Å². The van der Waals surface area contributed by atoms with Crippen LogP contribution in [0.15, 0.2) is 22.5 Å². The number of halogens is 1. The van der Waals surface area contributed by atoms with Crippen LogP contribution in [0.1, 0.15) is 31.6 Å². The summed E-state index contributed by atoms with van der Waals surface area (Å²) in [7, 11) is 2.22. The summed E-state index contributed by atoms with van der Waals surface area (Å²) in [5, 5.41) is 9.07. The number of nitrogens with one attached hydrogen (secondary N) is 2. The Morgan fingerprint density at radius 3 is 2.96 bits per heavy atom. The highest BCUT2D eigenvalue weighted by Gasteiger charge is 2.17. The molecule has 6 heteroatoms. The lowest BCUT2D eigenvalue weighted by Crippen LogP contribution is -2.43. The van der Waals surface area contributed by atoms with Crippen molar-refractivity contribution < 1.29 is 0 Å². The second-order valence-corrected chi connectivity index (χ2v) is 7.79. The van der Waals surface area contributed by atoms with Crippen LogP contribution >= 0.6 is 35.3 Å². The van der Waals surface area contributed by atoms with E-state index in [0.29, 0.717) is 5.92 Å². The predicted octanol–water partition coefficient (Wildman–Crippen LogP) is 3.44. The topological polar surface area (TPSA) is 39.7 Å². The number of likely N-dealkylation sites (tertiary alicyclic amines) is 1. The van der Waals surface area contributed by atoms with Crippen LogP contribution in [0.3, 0.4) is 0 Å². The Kier molecular flexibility index (Phi) is 10.9. The summed E-state index contributed by atoms with van der Waals surface area (Å²) in [5.74, 6) is 2.28. The Hall–Kier alpha value is -0.340. The molecule has 138 valence electrons. The molecule has 0 radical (unpaired) electrons. The van der Waals surface area contributed by atoms with Crippen molar-refractivity contribution in [2.45, 2.75) is 33.1 Å². The van der Waals surface area contributed by atoms with Gasteiger partial charge in [0, 0.05) is 31.1 Å². The highest BCUT2D eigenvalue weighted by Crippen LogP contribution is 2.15. The van der Waals surface area contributed by atoms with Crippen molar-refractivity contribution in [3.8, 4) is 0 Å². The third-order valence-corrected chi connectivity index (χ3v) is 5.21. The highest BCUT2D eigenvalue weighted by molar-refractivity contribution is 14.0. The Balaban J connectivity index is 0.00000288. The number of guanidine groups is 1. The van der Waals surface area contributed by atoms with Gasteiger partial charge in [0.25, 0.3) is 0 Å². The van der Waals surface area contributed by atoms with Gasteiger partial charge in [-0.25, -0.2) is 0 Å². The molecule has 2 heterocycles. The average Bonchev–Trinajstić information content (AvgIpc) is 3.03. The molecular formula is C18H33IN4S. The van der Waals surface area contributed by atoms with Crippen molar-refractivity contribution in [1.82, 2.24) is 15.5 Å². The number of hydrogen-bond donors (Lipinski definition) is 2. The largest absolute Gasteiger partial charge is 0.357 e. The van der Waals surface area contributed by atoms with E-state index in [1.54, 1.807) is 0 Å². The molecule has 1 aromatic heterocycles. The normalized spacial score (nSPS) is 20.3. The van der Waals surface area contributed by atoms with Crippen LogP contribution in [0, 0.1) is 11.8 Å². The lowest BCUT2D eigenvalue weighted by atomic mass is 9.99. The first-order chi connectivity index (χ1) is 11.2. The molecule has 2 N–H and O–H groups in total. The summed E-state index contributed by atoms with van der Waals surface area (Å²) in [6.07, 6.45) is 3.76. The average molecular weight is 464 g/mol. The van der Waals surface area contributed by atoms with Crippen LogP contribution in [-0.4, -0.2) is 50.6 Å². The van der Waals surface area contributed by atoms with E-state index in [1.807, 2.05) is 11.3 Å². The van der Waals surface area contributed by atoms with Crippen LogP contribution in [0.2, 0.25) is 0 Å². The minimum atomic E-state index is 0. The first-order valence-electron chi connectivity index (χ1n) is 8.90. The van der Waals surface area contributed by atoms with Gasteiger partial charge in [-0.2, -0.15) is 0 Å². The lowest BCUT2D eigenvalue weighted by Gasteiger charge is -2.30. The summed E-state index contributed by atoms with van der Waals surface area (Å²) in [5.41, 5.74) is 0. The van der Waals surface area contributed by atoms with Crippen LogP contribution in [0.25, 0.3) is 0 Å². The molecule has 1 aliphatic heterocycles. The molecule has 2 unspecified atom stereocenters. The molecule has 1 aromatic rings. The summed E-state index contributed by atoms with van der Waals surface area (Å²) in [6.45, 7) is 9.65. The van der Waals surface area contributed by atoms with Crippen molar-refractivity contribution in [3.63, 3.8) is 0 Å². The number of hydrogen-bond acceptors (Lipinski definition) is 3. The number of aliphatic imine (C=N–C) groups is 1. The van der Waals surface area contributed by atoms with Crippen LogP contribution in [-0.2, 0) is 6.42 Å². The predicted molar refractivity (Wildman–Crippen MR) is 117 cm³/mol. The third-order valence-electron chi connectivity index (χ3n) is 4.32. The smallest absolute Gasteiger partial charge is 0.191 e. The molecule has 0 bridgehead atoms. The minimum absolute atomic E-state index is 0. The number of nitrogens with zero attached hydrogens (tertiary/aromatic N) is 2. The molecule has 1 saturated heterocycles. The van der Waals surface area contributed by atoms with E-state index in [1.165, 1.54) is 30.8 Å². The minimum Gasteiger partial charge on any atom is -0.357 e. The summed E-state index contributed by atoms with van der Waals surface area (Å²) >= 11 is 1.84. The van der Waals surface area contributed by atoms with Crippen molar-refractivity contribution in [3.05, 3.63) is 22.4 Å². The molecule has 2 atom stereocenters. The maximum Gasteiger partial charge on any atom is 0.191 e. The van der Waals surface area contributed by atoms with E-state index in [-0.39, 0.29) is 24.0 Å². The fourth-order valence-electron chi connectivity index (χ4n) is 3.11. The molecule has 1 aliphatic rings. The Bertz CT molecular complexity index is 464. The second kappa shape index (κ2) is 12.1. The molecule has 2 rings (SSSR count). The van der Waals surface area contributed by atoms with Gasteiger partial charge in [-0.05, 0) is 63.1 Å². The lowest BCUT2D eigenvalue weighted by molar-refractivity contribution is 0.210. The van der Waals surface area contributed by atoms with Crippen LogP contribution in [0.5, 0.6) is 0 Å². The maximum absolute atomic E-state index is 4.78. The van der Waals surface area contributed by atoms with Gasteiger partial charge in [-0.3, -0.25) is 4.99 Å². The van der Waals surface area contributed by atoms with Gasteiger partial charge >= 0.3 is 0 Å². The van der Waals surface area contributed by atoms with E-state index in [2.05, 4.69) is 53.9 Å². The van der Waals surface area contributed by atoms with Gasteiger partial charge < -0.3 is 15.5 Å². The molecule has 1 fully saturated rings. The van der Waals surface area contributed by atoms with Crippen molar-refractivity contribution in [1.29, 1.82) is 0 Å². The molecule has 0 aromatic carbocycles. The molecule has 0 amide bonds. The maximum atomic E-state index is 4.78. The van der Waals surface area contributed by atoms with Gasteiger partial charge in [0.1, 0.15) is 0 Å². The molecule has 24 heavy (non-hydrogen) atoms. The van der Waals surface area contributed by atoms with Gasteiger partial charge in [0.2, 0.25) is 0 Å². The number of thiophene rings is 1. The second-order valence-electron chi connectivity index (χ2n) is 6.76. The van der Waals surface area contributed by atoms with Gasteiger partial charge in [-0.1, -0.05) is 13.0 Å². The van der Waals surface area contributed by atoms with E-state index < -0.39 is 0 Å². The first-order valence-corrected chi connectivity index (χ1v) is 9.78. The zero-order valence-electron chi connectivity index (χ0n) is 15.3. The third kappa shape index (κ3) is 8.16. The van der Waals surface area contributed by atoms with Gasteiger partial charge in [-0.15, -0.1) is 35.3 Å². The SMILES string of the molecule is CCNC(=NCC(C)Cc1cccs1)NCC1CCCN(C)C1.I. The van der Waals surface area contributed by atoms with Crippen molar-refractivity contribution in [2.24, 2.45) is 16.8 Å². The summed E-state index contributed by atoms with van der Waals surface area (Å²) in [4.78, 5) is 8.67. The highest BCUT2D eigenvalue weighted by atomic mass is 127. The zero-order valence-corrected chi connectivity index (χ0v) is 18.4.